The summed E-state index contributed by atoms with van der Waals surface area (Å²) < 4.78 is 5.46. The lowest BCUT2D eigenvalue weighted by Gasteiger charge is -2.22. The van der Waals surface area contributed by atoms with Gasteiger partial charge in [-0.3, -0.25) is 0 Å². The van der Waals surface area contributed by atoms with Crippen molar-refractivity contribution in [1.29, 1.82) is 0 Å². The minimum atomic E-state index is -0.129. The molecule has 2 atom stereocenters. The Morgan fingerprint density at radius 2 is 2.10 bits per heavy atom. The van der Waals surface area contributed by atoms with E-state index in [4.69, 9.17) is 4.74 Å². The lowest BCUT2D eigenvalue weighted by Crippen LogP contribution is -2.35. The molecule has 2 unspecified atom stereocenters. The van der Waals surface area contributed by atoms with Gasteiger partial charge in [0, 0.05) is 19.6 Å². The van der Waals surface area contributed by atoms with Crippen molar-refractivity contribution < 1.29 is 9.53 Å². The molecule has 0 aliphatic carbocycles. The van der Waals surface area contributed by atoms with E-state index in [1.54, 1.807) is 0 Å². The zero-order valence-corrected chi connectivity index (χ0v) is 13.9. The third kappa shape index (κ3) is 6.12. The van der Waals surface area contributed by atoms with Gasteiger partial charge in [0.25, 0.3) is 0 Å². The monoisotopic (exact) mass is 284 g/mol. The van der Waals surface area contributed by atoms with Crippen LogP contribution >= 0.6 is 0 Å². The lowest BCUT2D eigenvalue weighted by molar-refractivity contribution is 0.109. The van der Waals surface area contributed by atoms with Crippen LogP contribution in [-0.4, -0.2) is 55.2 Å². The zero-order chi connectivity index (χ0) is 15.1. The van der Waals surface area contributed by atoms with Gasteiger partial charge >= 0.3 is 6.09 Å². The van der Waals surface area contributed by atoms with Crippen LogP contribution in [0.25, 0.3) is 0 Å². The molecule has 20 heavy (non-hydrogen) atoms. The maximum atomic E-state index is 11.8. The predicted octanol–water partition coefficient (Wildman–Crippen LogP) is 3.22. The Morgan fingerprint density at radius 3 is 2.70 bits per heavy atom. The highest BCUT2D eigenvalue weighted by atomic mass is 16.6. The molecular formula is C16H32N2O2. The van der Waals surface area contributed by atoms with Crippen LogP contribution in [0.3, 0.4) is 0 Å². The Bertz CT molecular complexity index is 294. The Kier molecular flexibility index (Phi) is 7.35. The number of rotatable bonds is 9. The molecule has 1 aliphatic rings. The van der Waals surface area contributed by atoms with Crippen LogP contribution in [0.4, 0.5) is 4.79 Å². The summed E-state index contributed by atoms with van der Waals surface area (Å²) in [6.45, 7) is 12.4. The molecule has 0 aromatic heterocycles. The van der Waals surface area contributed by atoms with Crippen LogP contribution in [-0.2, 0) is 4.74 Å². The molecule has 0 radical (unpaired) electrons. The van der Waals surface area contributed by atoms with Crippen molar-refractivity contribution in [2.24, 2.45) is 11.8 Å². The van der Waals surface area contributed by atoms with Crippen molar-refractivity contribution in [3.63, 3.8) is 0 Å². The molecule has 0 bridgehead atoms. The fourth-order valence-electron chi connectivity index (χ4n) is 2.63. The average molecular weight is 284 g/mol. The van der Waals surface area contributed by atoms with Crippen LogP contribution < -0.4 is 0 Å². The molecule has 1 heterocycles. The first-order valence-corrected chi connectivity index (χ1v) is 8.06. The summed E-state index contributed by atoms with van der Waals surface area (Å²) in [6, 6.07) is 0. The first-order valence-electron chi connectivity index (χ1n) is 8.06. The first-order chi connectivity index (χ1) is 9.42. The van der Waals surface area contributed by atoms with Crippen molar-refractivity contribution in [3.05, 3.63) is 0 Å². The average Bonchev–Trinajstić information content (AvgIpc) is 2.68. The quantitative estimate of drug-likeness (QED) is 0.652. The van der Waals surface area contributed by atoms with Gasteiger partial charge in [-0.15, -0.1) is 0 Å². The number of carbonyl (C=O) groups excluding carboxylic acids is 1. The van der Waals surface area contributed by atoms with Gasteiger partial charge < -0.3 is 14.5 Å². The Balaban J connectivity index is 2.28. The van der Waals surface area contributed by atoms with Gasteiger partial charge in [0.05, 0.1) is 6.54 Å². The van der Waals surface area contributed by atoms with E-state index >= 15 is 0 Å². The van der Waals surface area contributed by atoms with Crippen molar-refractivity contribution in [2.75, 3.05) is 33.2 Å². The van der Waals surface area contributed by atoms with Crippen molar-refractivity contribution in [2.45, 2.75) is 53.1 Å². The van der Waals surface area contributed by atoms with E-state index in [1.165, 1.54) is 12.8 Å². The van der Waals surface area contributed by atoms with Crippen LogP contribution in [0.2, 0.25) is 0 Å². The minimum absolute atomic E-state index is 0.0376. The van der Waals surface area contributed by atoms with Gasteiger partial charge in [-0.05, 0) is 31.7 Å². The topological polar surface area (TPSA) is 32.8 Å². The molecule has 0 saturated carbocycles. The molecule has 1 amide bonds. The van der Waals surface area contributed by atoms with E-state index in [0.717, 1.165) is 32.6 Å². The van der Waals surface area contributed by atoms with Gasteiger partial charge in [0.15, 0.2) is 0 Å². The SMILES string of the molecule is CCC(C)CN(C)CC1CN(CCCC(C)C)C(=O)O1. The number of nitrogens with zero attached hydrogens (tertiary/aromatic N) is 2. The summed E-state index contributed by atoms with van der Waals surface area (Å²) in [5.41, 5.74) is 0. The predicted molar refractivity (Wildman–Crippen MR) is 82.9 cm³/mol. The molecule has 118 valence electrons. The number of likely N-dealkylation sites (N-methyl/N-ethyl adjacent to an activating group) is 1. The van der Waals surface area contributed by atoms with Crippen molar-refractivity contribution in [1.82, 2.24) is 9.80 Å². The van der Waals surface area contributed by atoms with Crippen molar-refractivity contribution in [3.8, 4) is 0 Å². The highest BCUT2D eigenvalue weighted by Gasteiger charge is 2.31. The van der Waals surface area contributed by atoms with E-state index in [2.05, 4.69) is 39.6 Å². The maximum absolute atomic E-state index is 11.8. The third-order valence-corrected chi connectivity index (χ3v) is 3.99. The largest absolute Gasteiger partial charge is 0.443 e. The molecule has 1 aliphatic heterocycles. The number of cyclic esters (lactones) is 1. The molecule has 4 nitrogen and oxygen atoms in total. The number of amides is 1. The van der Waals surface area contributed by atoms with E-state index in [0.29, 0.717) is 11.8 Å². The number of carbonyl (C=O) groups is 1. The van der Waals surface area contributed by atoms with E-state index < -0.39 is 0 Å². The highest BCUT2D eigenvalue weighted by molar-refractivity contribution is 5.69. The molecule has 0 spiro atoms. The number of hydrogen-bond donors (Lipinski definition) is 0. The normalized spacial score (nSPS) is 20.9. The van der Waals surface area contributed by atoms with Crippen molar-refractivity contribution >= 4 is 6.09 Å². The molecule has 1 saturated heterocycles. The smallest absolute Gasteiger partial charge is 0.410 e. The molecular weight excluding hydrogens is 252 g/mol. The molecule has 0 N–H and O–H groups in total. The van der Waals surface area contributed by atoms with E-state index in [-0.39, 0.29) is 12.2 Å². The number of ether oxygens (including phenoxy) is 1. The fraction of sp³-hybridized carbons (Fsp3) is 0.938. The van der Waals surface area contributed by atoms with Crippen LogP contribution in [0, 0.1) is 11.8 Å². The summed E-state index contributed by atoms with van der Waals surface area (Å²) in [5.74, 6) is 1.39. The second-order valence-corrected chi connectivity index (χ2v) is 6.72. The lowest BCUT2D eigenvalue weighted by atomic mass is 10.1. The first kappa shape index (κ1) is 17.3. The number of hydrogen-bond acceptors (Lipinski definition) is 3. The van der Waals surface area contributed by atoms with Gasteiger partial charge in [0.1, 0.15) is 6.10 Å². The van der Waals surface area contributed by atoms with E-state index in [9.17, 15) is 4.79 Å². The highest BCUT2D eigenvalue weighted by Crippen LogP contribution is 2.15. The van der Waals surface area contributed by atoms with Crippen LogP contribution in [0.5, 0.6) is 0 Å². The standard InChI is InChI=1S/C16H32N2O2/c1-6-14(4)10-17(5)11-15-12-18(16(19)20-15)9-7-8-13(2)3/h13-15H,6-12H2,1-5H3. The summed E-state index contributed by atoms with van der Waals surface area (Å²) in [6.07, 6.45) is 3.34. The molecule has 0 aromatic carbocycles. The summed E-state index contributed by atoms with van der Waals surface area (Å²) in [7, 11) is 2.11. The Morgan fingerprint density at radius 1 is 1.40 bits per heavy atom. The molecule has 1 fully saturated rings. The maximum Gasteiger partial charge on any atom is 0.410 e. The molecule has 4 heteroatoms. The van der Waals surface area contributed by atoms with Gasteiger partial charge in [-0.1, -0.05) is 34.1 Å². The van der Waals surface area contributed by atoms with E-state index in [1.807, 2.05) is 4.90 Å². The minimum Gasteiger partial charge on any atom is -0.443 e. The zero-order valence-electron chi connectivity index (χ0n) is 13.9. The summed E-state index contributed by atoms with van der Waals surface area (Å²) in [4.78, 5) is 16.0. The second kappa shape index (κ2) is 8.50. The summed E-state index contributed by atoms with van der Waals surface area (Å²) >= 11 is 0. The summed E-state index contributed by atoms with van der Waals surface area (Å²) in [5, 5.41) is 0. The van der Waals surface area contributed by atoms with Crippen LogP contribution in [0.1, 0.15) is 47.0 Å². The van der Waals surface area contributed by atoms with Gasteiger partial charge in [-0.2, -0.15) is 0 Å². The Labute approximate surface area is 124 Å². The molecule has 0 aromatic rings. The Hall–Kier alpha value is -0.770. The third-order valence-electron chi connectivity index (χ3n) is 3.99. The fourth-order valence-corrected chi connectivity index (χ4v) is 2.63. The van der Waals surface area contributed by atoms with Gasteiger partial charge in [-0.25, -0.2) is 4.79 Å². The second-order valence-electron chi connectivity index (χ2n) is 6.72. The molecule has 1 rings (SSSR count). The van der Waals surface area contributed by atoms with Crippen LogP contribution in [0.15, 0.2) is 0 Å². The van der Waals surface area contributed by atoms with Gasteiger partial charge in [0.2, 0.25) is 0 Å².